The summed E-state index contributed by atoms with van der Waals surface area (Å²) in [5.74, 6) is 5.04. The summed E-state index contributed by atoms with van der Waals surface area (Å²) in [6, 6.07) is 0.981. The van der Waals surface area contributed by atoms with Gasteiger partial charge in [0.2, 0.25) is 41.5 Å². The van der Waals surface area contributed by atoms with Crippen LogP contribution in [0.25, 0.3) is 0 Å². The fourth-order valence-corrected chi connectivity index (χ4v) is 14.5. The van der Waals surface area contributed by atoms with Gasteiger partial charge in [0.15, 0.2) is 0 Å². The van der Waals surface area contributed by atoms with Crippen LogP contribution in [0.15, 0.2) is 0 Å². The third-order valence-corrected chi connectivity index (χ3v) is 18.9. The first kappa shape index (κ1) is 54.8. The minimum atomic E-state index is -0.0616. The van der Waals surface area contributed by atoms with Crippen molar-refractivity contribution in [3.63, 3.8) is 0 Å². The van der Waals surface area contributed by atoms with E-state index in [4.69, 9.17) is 15.0 Å². The normalized spacial score (nSPS) is 25.4. The molecule has 8 heterocycles. The summed E-state index contributed by atoms with van der Waals surface area (Å²) in [6.45, 7) is 8.37. The minimum Gasteiger partial charge on any atom is -0.356 e. The second-order valence-electron chi connectivity index (χ2n) is 21.6. The van der Waals surface area contributed by atoms with Gasteiger partial charge in [-0.25, -0.2) is 9.59 Å². The van der Waals surface area contributed by atoms with Crippen LogP contribution in [0.1, 0.15) is 148 Å². The molecule has 0 aliphatic carbocycles. The van der Waals surface area contributed by atoms with Gasteiger partial charge in [-0.2, -0.15) is 38.5 Å². The molecule has 8 rings (SSSR count). The molecule has 0 radical (unpaired) electrons. The Bertz CT molecular complexity index is 1880. The number of thioether (sulfide) groups is 2. The molecule has 73 heavy (non-hydrogen) atoms. The van der Waals surface area contributed by atoms with Gasteiger partial charge >= 0.3 is 12.1 Å². The van der Waals surface area contributed by atoms with E-state index in [-0.39, 0.29) is 71.9 Å². The average molecular weight is 1050 g/mol. The van der Waals surface area contributed by atoms with Gasteiger partial charge in [-0.15, -0.1) is 0 Å². The Balaban J connectivity index is 0.669. The summed E-state index contributed by atoms with van der Waals surface area (Å²) < 4.78 is 0. The Hall–Kier alpha value is -4.47. The summed E-state index contributed by atoms with van der Waals surface area (Å²) in [4.78, 5) is 95.8. The molecule has 1 aromatic heterocycles. The molecule has 7 aliphatic rings. The molecule has 7 aliphatic heterocycles. The minimum absolute atomic E-state index is 0.0616. The van der Waals surface area contributed by atoms with Crippen molar-refractivity contribution in [1.29, 1.82) is 0 Å². The van der Waals surface area contributed by atoms with Gasteiger partial charge in [-0.3, -0.25) is 19.2 Å². The molecule has 8 N–H and O–H groups in total. The van der Waals surface area contributed by atoms with E-state index in [2.05, 4.69) is 64.2 Å². The van der Waals surface area contributed by atoms with Crippen LogP contribution >= 0.6 is 23.5 Å². The van der Waals surface area contributed by atoms with Crippen LogP contribution in [0.4, 0.5) is 27.4 Å². The van der Waals surface area contributed by atoms with Gasteiger partial charge in [0.1, 0.15) is 0 Å². The monoisotopic (exact) mass is 1050 g/mol. The molecule has 0 bridgehead atoms. The van der Waals surface area contributed by atoms with E-state index in [1.807, 2.05) is 23.5 Å². The van der Waals surface area contributed by atoms with Crippen molar-refractivity contribution in [3.05, 3.63) is 0 Å². The smallest absolute Gasteiger partial charge is 0.315 e. The van der Waals surface area contributed by atoms with Gasteiger partial charge in [-0.1, -0.05) is 32.6 Å². The van der Waals surface area contributed by atoms with Crippen molar-refractivity contribution in [3.8, 4) is 0 Å². The molecule has 406 valence electrons. The first-order valence-electron chi connectivity index (χ1n) is 28.0. The maximum Gasteiger partial charge on any atom is 0.315 e. The predicted octanol–water partition coefficient (Wildman–Crippen LogP) is 4.08. The van der Waals surface area contributed by atoms with E-state index < -0.39 is 0 Å². The zero-order chi connectivity index (χ0) is 50.9. The molecule has 8 amide bonds. The molecule has 0 spiro atoms. The van der Waals surface area contributed by atoms with E-state index in [9.17, 15) is 28.8 Å². The third kappa shape index (κ3) is 16.8. The lowest BCUT2D eigenvalue weighted by Gasteiger charge is -2.36. The Morgan fingerprint density at radius 3 is 1.27 bits per heavy atom. The SMILES string of the molecule is CC1CCN(c2nc(N3CCC(NC(=O)CCCCCNC(=O)CCCCC4SCC5NC(=O)NC54)CC3)nc(N3CCC(NC(=O)CCCCCNC(=O)CCCCC4SCC5NC(=O)NC54)CC3)n2)CC1. The zero-order valence-corrected chi connectivity index (χ0v) is 44.9. The Labute approximate surface area is 440 Å². The van der Waals surface area contributed by atoms with E-state index in [1.54, 1.807) is 0 Å². The van der Waals surface area contributed by atoms with Gasteiger partial charge < -0.3 is 57.2 Å². The van der Waals surface area contributed by atoms with E-state index in [0.717, 1.165) is 172 Å². The fourth-order valence-electron chi connectivity index (χ4n) is 11.4. The van der Waals surface area contributed by atoms with E-state index in [0.29, 0.717) is 67.1 Å². The number of amides is 8. The number of rotatable bonds is 27. The number of urea groups is 2. The molecule has 6 unspecified atom stereocenters. The highest BCUT2D eigenvalue weighted by Crippen LogP contribution is 2.35. The number of nitrogens with zero attached hydrogens (tertiary/aromatic N) is 6. The molecule has 22 heteroatoms. The van der Waals surface area contributed by atoms with Crippen LogP contribution in [0.5, 0.6) is 0 Å². The van der Waals surface area contributed by atoms with Crippen LogP contribution in [0, 0.1) is 5.92 Å². The highest BCUT2D eigenvalue weighted by molar-refractivity contribution is 8.00. The maximum absolute atomic E-state index is 12.9. The molecular weight excluding hydrogens is 969 g/mol. The molecule has 20 nitrogen and oxygen atoms in total. The predicted molar refractivity (Wildman–Crippen MR) is 288 cm³/mol. The highest BCUT2D eigenvalue weighted by Gasteiger charge is 2.43. The number of hydrogen-bond donors (Lipinski definition) is 8. The summed E-state index contributed by atoms with van der Waals surface area (Å²) in [7, 11) is 0. The lowest BCUT2D eigenvalue weighted by molar-refractivity contribution is -0.122. The molecule has 0 saturated carbocycles. The number of unbranched alkanes of at least 4 members (excludes halogenated alkanes) is 6. The number of piperidine rings is 3. The van der Waals surface area contributed by atoms with Crippen molar-refractivity contribution < 1.29 is 28.8 Å². The second kappa shape index (κ2) is 27.9. The number of carbonyl (C=O) groups is 6. The summed E-state index contributed by atoms with van der Waals surface area (Å²) in [6.07, 6.45) is 18.2. The van der Waals surface area contributed by atoms with E-state index in [1.165, 1.54) is 0 Å². The van der Waals surface area contributed by atoms with Crippen LogP contribution in [-0.2, 0) is 19.2 Å². The Morgan fingerprint density at radius 1 is 0.493 bits per heavy atom. The molecule has 7 saturated heterocycles. The second-order valence-corrected chi connectivity index (χ2v) is 24.2. The summed E-state index contributed by atoms with van der Waals surface area (Å²) >= 11 is 3.82. The Kier molecular flexibility index (Phi) is 20.9. The molecule has 7 fully saturated rings. The van der Waals surface area contributed by atoms with Crippen molar-refractivity contribution in [2.45, 2.75) is 195 Å². The van der Waals surface area contributed by atoms with Gasteiger partial charge in [0, 0.05) is 112 Å². The molecule has 6 atom stereocenters. The first-order valence-corrected chi connectivity index (χ1v) is 30.1. The largest absolute Gasteiger partial charge is 0.356 e. The lowest BCUT2D eigenvalue weighted by Crippen LogP contribution is -2.46. The van der Waals surface area contributed by atoms with Gasteiger partial charge in [-0.05, 0) is 95.8 Å². The standard InChI is InChI=1S/C51H84N14O6S2/c1-34-18-26-63(27-19-34)47-60-48(64-28-20-35(21-29-64)54-43(68)16-4-2-10-24-52-41(66)14-8-6-12-39-45-37(32-72-39)56-50(70)58-45)62-49(61-47)65-30-22-36(23-31-65)55-44(69)17-5-3-11-25-53-42(67)15-9-7-13-40-46-38(33-73-40)57-51(71)59-46/h34-40,45-46H,2-33H2,1H3,(H,52,66)(H,53,67)(H,54,68)(H,55,69)(H2,56,58,70)(H2,57,59,71). The molecule has 0 aromatic carbocycles. The number of hydrogen-bond acceptors (Lipinski definition) is 14. The summed E-state index contributed by atoms with van der Waals surface area (Å²) in [5.41, 5.74) is 0. The Morgan fingerprint density at radius 2 is 0.863 bits per heavy atom. The number of nitrogens with one attached hydrogen (secondary N) is 8. The van der Waals surface area contributed by atoms with Crippen LogP contribution < -0.4 is 57.2 Å². The third-order valence-electron chi connectivity index (χ3n) is 15.9. The summed E-state index contributed by atoms with van der Waals surface area (Å²) in [5, 5.41) is 25.5. The average Bonchev–Trinajstić information content (AvgIpc) is 4.16. The number of aromatic nitrogens is 3. The van der Waals surface area contributed by atoms with Crippen LogP contribution in [0.2, 0.25) is 0 Å². The number of anilines is 3. The number of carbonyl (C=O) groups excluding carboxylic acids is 6. The quantitative estimate of drug-likeness (QED) is 0.0458. The van der Waals surface area contributed by atoms with Gasteiger partial charge in [0.25, 0.3) is 0 Å². The zero-order valence-electron chi connectivity index (χ0n) is 43.3. The van der Waals surface area contributed by atoms with Crippen molar-refractivity contribution >= 4 is 77.1 Å². The van der Waals surface area contributed by atoms with Crippen LogP contribution in [0.3, 0.4) is 0 Å². The number of fused-ring (bicyclic) bond motifs is 2. The van der Waals surface area contributed by atoms with E-state index >= 15 is 0 Å². The van der Waals surface area contributed by atoms with Crippen molar-refractivity contribution in [1.82, 2.24) is 57.5 Å². The van der Waals surface area contributed by atoms with Crippen LogP contribution in [-0.4, -0.2) is 161 Å². The van der Waals surface area contributed by atoms with Crippen molar-refractivity contribution in [2.75, 3.05) is 78.6 Å². The highest BCUT2D eigenvalue weighted by atomic mass is 32.2. The first-order chi connectivity index (χ1) is 35.5. The maximum atomic E-state index is 12.9. The molecular formula is C51H84N14O6S2. The topological polar surface area (TPSA) is 247 Å². The fraction of sp³-hybridized carbons (Fsp3) is 0.824. The van der Waals surface area contributed by atoms with Crippen molar-refractivity contribution in [2.24, 2.45) is 5.92 Å². The lowest BCUT2D eigenvalue weighted by atomic mass is 10.00. The molecule has 1 aromatic rings. The van der Waals surface area contributed by atoms with Gasteiger partial charge in [0.05, 0.1) is 24.2 Å².